The van der Waals surface area contributed by atoms with Gasteiger partial charge in [0.15, 0.2) is 0 Å². The maximum Gasteiger partial charge on any atom is 0.0804 e. The first-order valence-corrected chi connectivity index (χ1v) is 13.3. The van der Waals surface area contributed by atoms with Crippen molar-refractivity contribution in [2.24, 2.45) is 52.3 Å². The smallest absolute Gasteiger partial charge is 0.0804 e. The molecule has 4 heteroatoms. The molecule has 4 aliphatic carbocycles. The maximum absolute atomic E-state index is 10.5. The third-order valence-corrected chi connectivity index (χ3v) is 11.5. The van der Waals surface area contributed by atoms with Crippen LogP contribution in [0.4, 0.5) is 0 Å². The first-order chi connectivity index (χ1) is 14.7. The fourth-order valence-corrected chi connectivity index (χ4v) is 9.83. The van der Waals surface area contributed by atoms with Crippen LogP contribution < -0.4 is 0 Å². The lowest BCUT2D eigenvalue weighted by Crippen LogP contribution is -2.56. The van der Waals surface area contributed by atoms with Crippen LogP contribution in [0, 0.1) is 52.3 Å². The van der Waals surface area contributed by atoms with Gasteiger partial charge in [-0.3, -0.25) is 0 Å². The molecule has 4 saturated carbocycles. The van der Waals surface area contributed by atoms with Crippen LogP contribution in [-0.2, 0) is 4.74 Å². The van der Waals surface area contributed by atoms with E-state index in [2.05, 4.69) is 27.7 Å². The molecule has 13 unspecified atom stereocenters. The minimum Gasteiger partial charge on any atom is -0.396 e. The van der Waals surface area contributed by atoms with Gasteiger partial charge >= 0.3 is 0 Å². The standard InChI is InChI=1S/C27H46O4/c1-15(14-28)5-8-23-16(2)25-24(31-23)12-20-18-7-6-17-11-21(29)22(30)13-27(17,4)19(18)9-10-26(20,25)3/h15-25,28-30H,5-14H2,1-4H3. The van der Waals surface area contributed by atoms with E-state index < -0.39 is 12.2 Å². The van der Waals surface area contributed by atoms with Crippen molar-refractivity contribution in [1.82, 2.24) is 0 Å². The molecule has 5 aliphatic rings. The van der Waals surface area contributed by atoms with Crippen LogP contribution >= 0.6 is 0 Å². The lowest BCUT2D eigenvalue weighted by atomic mass is 9.44. The number of rotatable bonds is 4. The third kappa shape index (κ3) is 3.37. The van der Waals surface area contributed by atoms with Crippen molar-refractivity contribution in [3.63, 3.8) is 0 Å². The largest absolute Gasteiger partial charge is 0.396 e. The molecule has 0 radical (unpaired) electrons. The average molecular weight is 435 g/mol. The molecular weight excluding hydrogens is 388 g/mol. The highest BCUT2D eigenvalue weighted by Crippen LogP contribution is 2.70. The van der Waals surface area contributed by atoms with Gasteiger partial charge in [0, 0.05) is 6.61 Å². The summed E-state index contributed by atoms with van der Waals surface area (Å²) in [4.78, 5) is 0. The minimum atomic E-state index is -0.540. The molecule has 0 bridgehead atoms. The van der Waals surface area contributed by atoms with Crippen LogP contribution in [0.3, 0.4) is 0 Å². The predicted octanol–water partition coefficient (Wildman–Crippen LogP) is 4.40. The Hall–Kier alpha value is -0.160. The number of hydrogen-bond donors (Lipinski definition) is 3. The second kappa shape index (κ2) is 7.96. The van der Waals surface area contributed by atoms with E-state index in [-0.39, 0.29) is 12.0 Å². The molecule has 13 atom stereocenters. The maximum atomic E-state index is 10.5. The van der Waals surface area contributed by atoms with Crippen molar-refractivity contribution in [2.75, 3.05) is 6.61 Å². The summed E-state index contributed by atoms with van der Waals surface area (Å²) in [6, 6.07) is 0. The monoisotopic (exact) mass is 434 g/mol. The molecule has 5 fully saturated rings. The Morgan fingerprint density at radius 1 is 1.00 bits per heavy atom. The Labute approximate surface area is 189 Å². The van der Waals surface area contributed by atoms with Crippen LogP contribution in [0.15, 0.2) is 0 Å². The Morgan fingerprint density at radius 2 is 1.77 bits per heavy atom. The van der Waals surface area contributed by atoms with Crippen molar-refractivity contribution in [3.05, 3.63) is 0 Å². The zero-order valence-electron chi connectivity index (χ0n) is 20.2. The Balaban J connectivity index is 1.33. The number of ether oxygens (including phenoxy) is 1. The van der Waals surface area contributed by atoms with Gasteiger partial charge in [0.2, 0.25) is 0 Å². The molecule has 0 spiro atoms. The summed E-state index contributed by atoms with van der Waals surface area (Å²) in [7, 11) is 0. The molecule has 5 rings (SSSR count). The van der Waals surface area contributed by atoms with Crippen LogP contribution in [0.1, 0.15) is 85.5 Å². The van der Waals surface area contributed by atoms with Crippen molar-refractivity contribution < 1.29 is 20.1 Å². The molecule has 0 aromatic heterocycles. The molecule has 3 N–H and O–H groups in total. The third-order valence-electron chi connectivity index (χ3n) is 11.5. The zero-order valence-corrected chi connectivity index (χ0v) is 20.2. The van der Waals surface area contributed by atoms with Crippen LogP contribution in [0.5, 0.6) is 0 Å². The SMILES string of the molecule is CC(CO)CCC1OC2CC3C4CCC5CC(O)C(O)CC5(C)C4CCC3(C)C2C1C. The Morgan fingerprint density at radius 3 is 2.52 bits per heavy atom. The second-order valence-corrected chi connectivity index (χ2v) is 13.0. The van der Waals surface area contributed by atoms with Crippen LogP contribution in [-0.4, -0.2) is 46.3 Å². The van der Waals surface area contributed by atoms with Gasteiger partial charge in [-0.1, -0.05) is 27.7 Å². The van der Waals surface area contributed by atoms with Gasteiger partial charge in [0.25, 0.3) is 0 Å². The van der Waals surface area contributed by atoms with Crippen LogP contribution in [0.25, 0.3) is 0 Å². The summed E-state index contributed by atoms with van der Waals surface area (Å²) in [6.45, 7) is 9.89. The van der Waals surface area contributed by atoms with Gasteiger partial charge in [0.1, 0.15) is 0 Å². The summed E-state index contributed by atoms with van der Waals surface area (Å²) in [6.07, 6.45) is 9.79. The highest BCUT2D eigenvalue weighted by Gasteiger charge is 2.66. The number of fused-ring (bicyclic) bond motifs is 7. The van der Waals surface area contributed by atoms with Gasteiger partial charge in [-0.25, -0.2) is 0 Å². The lowest BCUT2D eigenvalue weighted by Gasteiger charge is -2.61. The van der Waals surface area contributed by atoms with E-state index in [1.54, 1.807) is 0 Å². The molecule has 0 amide bonds. The summed E-state index contributed by atoms with van der Waals surface area (Å²) in [5.74, 6) is 4.44. The fraction of sp³-hybridized carbons (Fsp3) is 1.00. The quantitative estimate of drug-likeness (QED) is 0.613. The fourth-order valence-electron chi connectivity index (χ4n) is 9.83. The molecule has 1 aliphatic heterocycles. The Bertz CT molecular complexity index is 668. The zero-order chi connectivity index (χ0) is 22.1. The highest BCUT2D eigenvalue weighted by molar-refractivity contribution is 5.14. The molecule has 4 nitrogen and oxygen atoms in total. The molecular formula is C27H46O4. The second-order valence-electron chi connectivity index (χ2n) is 13.0. The molecule has 0 aromatic rings. The van der Waals surface area contributed by atoms with E-state index in [4.69, 9.17) is 4.74 Å². The van der Waals surface area contributed by atoms with E-state index in [9.17, 15) is 15.3 Å². The number of aliphatic hydroxyl groups is 3. The molecule has 178 valence electrons. The van der Waals surface area contributed by atoms with Gasteiger partial charge in [-0.15, -0.1) is 0 Å². The minimum absolute atomic E-state index is 0.191. The normalized spacial score (nSPS) is 57.0. The van der Waals surface area contributed by atoms with E-state index in [1.165, 1.54) is 32.1 Å². The van der Waals surface area contributed by atoms with Crippen molar-refractivity contribution >= 4 is 0 Å². The first-order valence-electron chi connectivity index (χ1n) is 13.3. The van der Waals surface area contributed by atoms with Gasteiger partial charge in [0.05, 0.1) is 24.4 Å². The van der Waals surface area contributed by atoms with E-state index in [0.717, 1.165) is 37.5 Å². The van der Waals surface area contributed by atoms with Crippen molar-refractivity contribution in [2.45, 2.75) is 110 Å². The number of hydrogen-bond acceptors (Lipinski definition) is 4. The van der Waals surface area contributed by atoms with Crippen LogP contribution in [0.2, 0.25) is 0 Å². The number of aliphatic hydroxyl groups excluding tert-OH is 3. The summed E-state index contributed by atoms with van der Waals surface area (Å²) < 4.78 is 6.74. The van der Waals surface area contributed by atoms with E-state index >= 15 is 0 Å². The van der Waals surface area contributed by atoms with Gasteiger partial charge in [-0.05, 0) is 110 Å². The predicted molar refractivity (Wildman–Crippen MR) is 121 cm³/mol. The molecule has 0 aromatic carbocycles. The lowest BCUT2D eigenvalue weighted by molar-refractivity contribution is -0.161. The summed E-state index contributed by atoms with van der Waals surface area (Å²) in [5.41, 5.74) is 0.578. The van der Waals surface area contributed by atoms with Gasteiger partial charge < -0.3 is 20.1 Å². The molecule has 31 heavy (non-hydrogen) atoms. The van der Waals surface area contributed by atoms with E-state index in [0.29, 0.717) is 47.2 Å². The van der Waals surface area contributed by atoms with E-state index in [1.807, 2.05) is 0 Å². The summed E-state index contributed by atoms with van der Waals surface area (Å²) in [5, 5.41) is 30.2. The molecule has 1 heterocycles. The molecule has 1 saturated heterocycles. The van der Waals surface area contributed by atoms with Crippen molar-refractivity contribution in [3.8, 4) is 0 Å². The van der Waals surface area contributed by atoms with Gasteiger partial charge in [-0.2, -0.15) is 0 Å². The average Bonchev–Trinajstić information content (AvgIpc) is 3.21. The van der Waals surface area contributed by atoms with Crippen molar-refractivity contribution in [1.29, 1.82) is 0 Å². The highest BCUT2D eigenvalue weighted by atomic mass is 16.5. The summed E-state index contributed by atoms with van der Waals surface area (Å²) >= 11 is 0. The Kier molecular flexibility index (Phi) is 5.81. The first kappa shape index (κ1) is 22.6. The topological polar surface area (TPSA) is 69.9 Å².